The number of carbonyl (C=O) groups is 4. The van der Waals surface area contributed by atoms with Crippen LogP contribution in [0.25, 0.3) is 0 Å². The third-order valence-corrected chi connectivity index (χ3v) is 6.72. The topological polar surface area (TPSA) is 117 Å². The molecule has 3 rings (SSSR count). The Morgan fingerprint density at radius 2 is 1.40 bits per heavy atom. The summed E-state index contributed by atoms with van der Waals surface area (Å²) in [7, 11) is 2.36. The van der Waals surface area contributed by atoms with E-state index in [4.69, 9.17) is 14.2 Å². The normalized spacial score (nSPS) is 12.0. The fourth-order valence-corrected chi connectivity index (χ4v) is 4.32. The van der Waals surface area contributed by atoms with E-state index in [0.717, 1.165) is 31.3 Å². The van der Waals surface area contributed by atoms with Gasteiger partial charge in [0.05, 0.1) is 39.3 Å². The lowest BCUT2D eigenvalue weighted by Gasteiger charge is -2.20. The van der Waals surface area contributed by atoms with Crippen LogP contribution in [0.2, 0.25) is 0 Å². The maximum absolute atomic E-state index is 13.3. The minimum atomic E-state index is -0.975. The average Bonchev–Trinajstić information content (AvgIpc) is 3.02. The Hall–Kier alpha value is -4.66. The summed E-state index contributed by atoms with van der Waals surface area (Å²) in [6.45, 7) is 2.90. The number of esters is 2. The molecule has 2 unspecified atom stereocenters. The lowest BCUT2D eigenvalue weighted by Crippen LogP contribution is -2.23. The molecule has 0 bridgehead atoms. The average molecular weight is 576 g/mol. The highest BCUT2D eigenvalue weighted by atomic mass is 16.5. The van der Waals surface area contributed by atoms with Crippen molar-refractivity contribution in [3.63, 3.8) is 0 Å². The summed E-state index contributed by atoms with van der Waals surface area (Å²) in [5.41, 5.74) is 1.67. The molecule has 0 fully saturated rings. The van der Waals surface area contributed by atoms with E-state index in [0.29, 0.717) is 30.2 Å². The van der Waals surface area contributed by atoms with E-state index in [9.17, 15) is 19.2 Å². The first-order valence-corrected chi connectivity index (χ1v) is 13.8. The third-order valence-electron chi connectivity index (χ3n) is 6.72. The molecule has 42 heavy (non-hydrogen) atoms. The Balaban J connectivity index is 1.59. The zero-order valence-electron chi connectivity index (χ0n) is 24.2. The van der Waals surface area contributed by atoms with Crippen molar-refractivity contribution < 1.29 is 38.1 Å². The van der Waals surface area contributed by atoms with Crippen LogP contribution in [0.4, 0.5) is 5.69 Å². The predicted molar refractivity (Wildman–Crippen MR) is 158 cm³/mol. The van der Waals surface area contributed by atoms with Gasteiger partial charge in [0.15, 0.2) is 0 Å². The zero-order chi connectivity index (χ0) is 30.3. The molecule has 0 heterocycles. The molecule has 3 aromatic carbocycles. The van der Waals surface area contributed by atoms with Crippen LogP contribution in [0.3, 0.4) is 0 Å². The lowest BCUT2D eigenvalue weighted by atomic mass is 9.91. The van der Waals surface area contributed by atoms with Crippen molar-refractivity contribution in [2.75, 3.05) is 32.8 Å². The summed E-state index contributed by atoms with van der Waals surface area (Å²) >= 11 is 0. The SMILES string of the molecule is COC(=O)C(=O)CCC(C(=O)OC)c1ccccc1NC(=O)C(C)c1cccc(OCCCCOc2ccccc2)c1. The first-order chi connectivity index (χ1) is 20.3. The maximum Gasteiger partial charge on any atom is 0.374 e. The molecule has 2 atom stereocenters. The van der Waals surface area contributed by atoms with Gasteiger partial charge in [-0.2, -0.15) is 0 Å². The van der Waals surface area contributed by atoms with Crippen molar-refractivity contribution in [1.82, 2.24) is 0 Å². The summed E-state index contributed by atoms with van der Waals surface area (Å²) in [6.07, 6.45) is 1.46. The first kappa shape index (κ1) is 31.9. The number of rotatable bonds is 16. The van der Waals surface area contributed by atoms with Gasteiger partial charge in [0.2, 0.25) is 11.7 Å². The first-order valence-electron chi connectivity index (χ1n) is 13.8. The summed E-state index contributed by atoms with van der Waals surface area (Å²) in [4.78, 5) is 49.5. The number of ether oxygens (including phenoxy) is 4. The van der Waals surface area contributed by atoms with E-state index in [1.807, 2.05) is 54.6 Å². The van der Waals surface area contributed by atoms with Gasteiger partial charge in [-0.15, -0.1) is 0 Å². The molecule has 9 heteroatoms. The van der Waals surface area contributed by atoms with Gasteiger partial charge < -0.3 is 24.3 Å². The second kappa shape index (κ2) is 16.6. The lowest BCUT2D eigenvalue weighted by molar-refractivity contribution is -0.152. The Bertz CT molecular complexity index is 1340. The number of anilines is 1. The van der Waals surface area contributed by atoms with Gasteiger partial charge in [0.25, 0.3) is 0 Å². The number of amides is 1. The van der Waals surface area contributed by atoms with Crippen molar-refractivity contribution in [1.29, 1.82) is 0 Å². The molecule has 1 amide bonds. The monoisotopic (exact) mass is 575 g/mol. The molecular formula is C33H37NO8. The van der Waals surface area contributed by atoms with E-state index in [-0.39, 0.29) is 18.7 Å². The van der Waals surface area contributed by atoms with Crippen LogP contribution in [0.5, 0.6) is 11.5 Å². The molecule has 0 radical (unpaired) electrons. The highest BCUT2D eigenvalue weighted by molar-refractivity contribution is 6.33. The van der Waals surface area contributed by atoms with Crippen LogP contribution in [0.15, 0.2) is 78.9 Å². The van der Waals surface area contributed by atoms with E-state index >= 15 is 0 Å². The van der Waals surface area contributed by atoms with Crippen LogP contribution in [0, 0.1) is 0 Å². The second-order valence-electron chi connectivity index (χ2n) is 9.62. The van der Waals surface area contributed by atoms with Gasteiger partial charge in [-0.3, -0.25) is 14.4 Å². The zero-order valence-corrected chi connectivity index (χ0v) is 24.2. The smallest absolute Gasteiger partial charge is 0.374 e. The molecule has 0 saturated heterocycles. The van der Waals surface area contributed by atoms with Crippen LogP contribution in [0.1, 0.15) is 55.6 Å². The molecule has 0 aromatic heterocycles. The number of hydrogen-bond acceptors (Lipinski definition) is 8. The van der Waals surface area contributed by atoms with Crippen LogP contribution >= 0.6 is 0 Å². The number of para-hydroxylation sites is 2. The van der Waals surface area contributed by atoms with Gasteiger partial charge in [0.1, 0.15) is 11.5 Å². The number of methoxy groups -OCH3 is 2. The molecular weight excluding hydrogens is 538 g/mol. The molecule has 3 aromatic rings. The summed E-state index contributed by atoms with van der Waals surface area (Å²) in [6, 6.07) is 23.9. The number of benzene rings is 3. The molecule has 0 spiro atoms. The van der Waals surface area contributed by atoms with Crippen molar-refractivity contribution in [3.05, 3.63) is 90.0 Å². The number of ketones is 1. The van der Waals surface area contributed by atoms with Crippen molar-refractivity contribution in [2.24, 2.45) is 0 Å². The predicted octanol–water partition coefficient (Wildman–Crippen LogP) is 5.45. The summed E-state index contributed by atoms with van der Waals surface area (Å²) in [5.74, 6) is -2.48. The number of unbranched alkanes of at least 4 members (excludes halogenated alkanes) is 1. The van der Waals surface area contributed by atoms with Crippen molar-refractivity contribution in [3.8, 4) is 11.5 Å². The second-order valence-corrected chi connectivity index (χ2v) is 9.62. The standard InChI is InChI=1S/C33H37NO8/c1-23(24-12-11-15-26(22-24)42-21-10-9-20-41-25-13-5-4-6-14-25)31(36)34-29-17-8-7-16-27(29)28(32(37)39-2)18-19-30(35)33(38)40-3/h4-8,11-17,22-23,28H,9-10,18-21H2,1-3H3,(H,34,36). The van der Waals surface area contributed by atoms with Gasteiger partial charge in [-0.25, -0.2) is 4.79 Å². The molecule has 0 aliphatic carbocycles. The van der Waals surface area contributed by atoms with Gasteiger partial charge >= 0.3 is 11.9 Å². The van der Waals surface area contributed by atoms with Gasteiger partial charge in [0, 0.05) is 12.1 Å². The van der Waals surface area contributed by atoms with Crippen LogP contribution in [-0.4, -0.2) is 51.1 Å². The Labute approximate surface area is 246 Å². The fourth-order valence-electron chi connectivity index (χ4n) is 4.32. The molecule has 0 aliphatic heterocycles. The Morgan fingerprint density at radius 3 is 2.10 bits per heavy atom. The third kappa shape index (κ3) is 9.47. The summed E-state index contributed by atoms with van der Waals surface area (Å²) in [5, 5.41) is 2.91. The number of nitrogens with one attached hydrogen (secondary N) is 1. The van der Waals surface area contributed by atoms with E-state index in [2.05, 4.69) is 10.1 Å². The number of hydrogen-bond donors (Lipinski definition) is 1. The number of carbonyl (C=O) groups excluding carboxylic acids is 4. The highest BCUT2D eigenvalue weighted by Gasteiger charge is 2.28. The fraction of sp³-hybridized carbons (Fsp3) is 0.333. The summed E-state index contributed by atoms with van der Waals surface area (Å²) < 4.78 is 21.0. The Morgan fingerprint density at radius 1 is 0.762 bits per heavy atom. The van der Waals surface area contributed by atoms with Crippen LogP contribution in [-0.2, 0) is 28.7 Å². The quantitative estimate of drug-likeness (QED) is 0.136. The van der Waals surface area contributed by atoms with E-state index in [1.165, 1.54) is 7.11 Å². The largest absolute Gasteiger partial charge is 0.494 e. The van der Waals surface area contributed by atoms with E-state index < -0.39 is 29.6 Å². The molecule has 0 saturated carbocycles. The van der Waals surface area contributed by atoms with Gasteiger partial charge in [-0.1, -0.05) is 48.5 Å². The number of Topliss-reactive ketones (excluding diaryl/α,β-unsaturated/α-hetero) is 1. The van der Waals surface area contributed by atoms with E-state index in [1.54, 1.807) is 31.2 Å². The van der Waals surface area contributed by atoms with Gasteiger partial charge in [-0.05, 0) is 67.6 Å². The molecule has 1 N–H and O–H groups in total. The van der Waals surface area contributed by atoms with Crippen LogP contribution < -0.4 is 14.8 Å². The van der Waals surface area contributed by atoms with Crippen molar-refractivity contribution >= 4 is 29.3 Å². The molecule has 0 aliphatic rings. The minimum Gasteiger partial charge on any atom is -0.494 e. The molecule has 222 valence electrons. The molecule has 9 nitrogen and oxygen atoms in total. The minimum absolute atomic E-state index is 0.0147. The maximum atomic E-state index is 13.3. The Kier molecular flexibility index (Phi) is 12.6. The highest BCUT2D eigenvalue weighted by Crippen LogP contribution is 2.31. The van der Waals surface area contributed by atoms with Crippen molar-refractivity contribution in [2.45, 2.75) is 44.4 Å².